The predicted octanol–water partition coefficient (Wildman–Crippen LogP) is 12.7. The number of aromatic nitrogens is 6. The molecule has 4 heterocycles. The number of nitrogens with zero attached hydrogens (tertiary/aromatic N) is 6. The van der Waals surface area contributed by atoms with Gasteiger partial charge in [0.25, 0.3) is 0 Å². The molecule has 0 aliphatic heterocycles. The van der Waals surface area contributed by atoms with Gasteiger partial charge in [0.15, 0.2) is 0 Å². The first kappa shape index (κ1) is 41.3. The summed E-state index contributed by atoms with van der Waals surface area (Å²) in [7, 11) is 0. The number of pyridine rings is 1. The van der Waals surface area contributed by atoms with Crippen LogP contribution in [0.3, 0.4) is 0 Å². The molecule has 0 saturated heterocycles. The number of fused-ring (bicyclic) bond motifs is 6. The first-order valence-electron chi connectivity index (χ1n) is 21.2. The molecule has 6 nitrogen and oxygen atoms in total. The maximum absolute atomic E-state index is 5.27. The van der Waals surface area contributed by atoms with Crippen LogP contribution >= 0.6 is 0 Å². The van der Waals surface area contributed by atoms with E-state index in [1.54, 1.807) is 0 Å². The molecule has 0 atom stereocenters. The quantitative estimate of drug-likeness (QED) is 0.127. The fraction of sp³-hybridized carbons (Fsp3) is 0.218. The van der Waals surface area contributed by atoms with Gasteiger partial charge in [0, 0.05) is 49.5 Å². The van der Waals surface area contributed by atoms with E-state index in [-0.39, 0.29) is 37.3 Å². The first-order chi connectivity index (χ1) is 29.1. The summed E-state index contributed by atoms with van der Waals surface area (Å²) < 4.78 is 8.50. The van der Waals surface area contributed by atoms with Crippen LogP contribution in [0.5, 0.6) is 0 Å². The Morgan fingerprint density at radius 2 is 1.03 bits per heavy atom. The molecule has 10 aromatic rings. The van der Waals surface area contributed by atoms with Gasteiger partial charge in [0.05, 0.1) is 0 Å². The second-order valence-electron chi connectivity index (χ2n) is 19.4. The summed E-state index contributed by atoms with van der Waals surface area (Å²) in [4.78, 5) is 4.93. The minimum absolute atomic E-state index is 0. The molecule has 4 aromatic heterocycles. The van der Waals surface area contributed by atoms with Gasteiger partial charge in [-0.2, -0.15) is 28.9 Å². The second kappa shape index (κ2) is 15.1. The summed E-state index contributed by atoms with van der Waals surface area (Å²) in [6, 6.07) is 55.2. The average molecular weight is 990 g/mol. The van der Waals surface area contributed by atoms with Gasteiger partial charge >= 0.3 is 0 Å². The van der Waals surface area contributed by atoms with Crippen LogP contribution in [-0.4, -0.2) is 23.9 Å². The smallest absolute Gasteiger partial charge is 0.231 e. The molecule has 0 unspecified atom stereocenters. The normalized spacial score (nSPS) is 12.5. The van der Waals surface area contributed by atoms with Crippen molar-refractivity contribution < 1.29 is 25.6 Å². The van der Waals surface area contributed by atoms with Gasteiger partial charge in [0.2, 0.25) is 12.2 Å². The number of hydrogen-bond donors (Lipinski definition) is 0. The van der Waals surface area contributed by atoms with Crippen molar-refractivity contribution >= 4 is 43.6 Å². The van der Waals surface area contributed by atoms with E-state index in [0.29, 0.717) is 0 Å². The molecular weight excluding hydrogens is 940 g/mol. The van der Waals surface area contributed by atoms with E-state index in [1.165, 1.54) is 22.1 Å². The summed E-state index contributed by atoms with van der Waals surface area (Å²) in [5, 5.41) is 9.81. The number of rotatable bonds is 5. The zero-order valence-corrected chi connectivity index (χ0v) is 39.1. The Morgan fingerprint density at radius 1 is 0.500 bits per heavy atom. The molecule has 0 radical (unpaired) electrons. The summed E-state index contributed by atoms with van der Waals surface area (Å²) in [6.45, 7) is 20.4. The molecule has 7 heteroatoms. The third-order valence-electron chi connectivity index (χ3n) is 12.0. The Kier molecular flexibility index (Phi) is 10.0. The van der Waals surface area contributed by atoms with Crippen LogP contribution in [0.1, 0.15) is 79.0 Å². The van der Waals surface area contributed by atoms with Crippen LogP contribution in [0.25, 0.3) is 77.9 Å². The van der Waals surface area contributed by atoms with Gasteiger partial charge in [-0.25, -0.2) is 4.98 Å². The van der Waals surface area contributed by atoms with Gasteiger partial charge < -0.3 is 13.7 Å². The SMILES string of the molecule is CC(C)(C)c1cc(-[n+]2[c-]n(-c3[c-]c4c(cc3)c3ccccc3n4-c3[c-]c4c(cc3)c3ccccc3n4-c3cc(C(C)(C)C)ccn3)nc2-c2ccccc2)cc(C(C)(C)C)c1.[Pt]. The molecule has 0 aliphatic carbocycles. The summed E-state index contributed by atoms with van der Waals surface area (Å²) >= 11 is 0. The second-order valence-corrected chi connectivity index (χ2v) is 19.4. The van der Waals surface area contributed by atoms with Gasteiger partial charge in [-0.1, -0.05) is 164 Å². The summed E-state index contributed by atoms with van der Waals surface area (Å²) in [6.07, 6.45) is 5.60. The van der Waals surface area contributed by atoms with Crippen LogP contribution in [0.2, 0.25) is 0 Å². The maximum atomic E-state index is 5.27. The zero-order chi connectivity index (χ0) is 42.4. The van der Waals surface area contributed by atoms with Crippen molar-refractivity contribution in [2.24, 2.45) is 0 Å². The van der Waals surface area contributed by atoms with Crippen LogP contribution in [-0.2, 0) is 37.3 Å². The number of benzene rings is 6. The van der Waals surface area contributed by atoms with Crippen molar-refractivity contribution in [3.05, 3.63) is 175 Å². The Labute approximate surface area is 378 Å². The zero-order valence-electron chi connectivity index (χ0n) is 36.8. The van der Waals surface area contributed by atoms with E-state index in [0.717, 1.165) is 72.5 Å². The molecule has 10 rings (SSSR count). The average Bonchev–Trinajstić information content (AvgIpc) is 3.93. The molecule has 0 saturated carbocycles. The van der Waals surface area contributed by atoms with E-state index in [9.17, 15) is 0 Å². The monoisotopic (exact) mass is 989 g/mol. The van der Waals surface area contributed by atoms with Crippen LogP contribution in [0, 0.1) is 18.5 Å². The molecule has 0 spiro atoms. The molecule has 0 aliphatic rings. The van der Waals surface area contributed by atoms with Crippen molar-refractivity contribution in [2.45, 2.75) is 78.6 Å². The van der Waals surface area contributed by atoms with Crippen molar-refractivity contribution in [3.63, 3.8) is 0 Å². The van der Waals surface area contributed by atoms with E-state index in [2.05, 4.69) is 222 Å². The number of para-hydroxylation sites is 2. The van der Waals surface area contributed by atoms with Gasteiger partial charge in [-0.05, 0) is 78.8 Å². The molecule has 62 heavy (non-hydrogen) atoms. The standard InChI is InChI=1S/C55H50N6.Pt/c1-53(2,3)37-27-28-56-51(32-37)61-48-22-16-14-20-44(48)46-26-24-41(34-50(46)61)60-47-21-15-13-19-43(47)45-25-23-40(33-49(45)60)59-35-58(52(57-59)36-17-11-10-12-18-36)42-30-38(54(4,5)6)29-39(31-42)55(7,8)9;/h10-32H,1-9H3;/q-2;. The van der Waals surface area contributed by atoms with Crippen molar-refractivity contribution in [3.8, 4) is 34.3 Å². The van der Waals surface area contributed by atoms with E-state index in [4.69, 9.17) is 10.1 Å². The topological polar surface area (TPSA) is 44.5 Å². The fourth-order valence-corrected chi connectivity index (χ4v) is 8.49. The van der Waals surface area contributed by atoms with Crippen LogP contribution in [0.15, 0.2) is 140 Å². The molecule has 312 valence electrons. The van der Waals surface area contributed by atoms with Crippen molar-refractivity contribution in [1.29, 1.82) is 0 Å². The van der Waals surface area contributed by atoms with Gasteiger partial charge in [0.1, 0.15) is 5.82 Å². The van der Waals surface area contributed by atoms with E-state index in [1.807, 2.05) is 16.9 Å². The third kappa shape index (κ3) is 7.09. The van der Waals surface area contributed by atoms with Crippen molar-refractivity contribution in [2.75, 3.05) is 0 Å². The minimum Gasteiger partial charge on any atom is -0.359 e. The third-order valence-corrected chi connectivity index (χ3v) is 12.0. The van der Waals surface area contributed by atoms with E-state index >= 15 is 0 Å². The summed E-state index contributed by atoms with van der Waals surface area (Å²) in [5.74, 6) is 1.68. The predicted molar refractivity (Wildman–Crippen MR) is 250 cm³/mol. The molecule has 0 N–H and O–H groups in total. The minimum atomic E-state index is -0.0485. The van der Waals surface area contributed by atoms with Crippen molar-refractivity contribution in [1.82, 2.24) is 23.9 Å². The Balaban J connectivity index is 0.00000490. The Hall–Kier alpha value is -6.10. The Morgan fingerprint density at radius 3 is 1.65 bits per heavy atom. The number of hydrogen-bond acceptors (Lipinski definition) is 2. The molecule has 0 amide bonds. The summed E-state index contributed by atoms with van der Waals surface area (Å²) in [5.41, 5.74) is 11.5. The molecule has 0 fully saturated rings. The largest absolute Gasteiger partial charge is 0.359 e. The first-order valence-corrected chi connectivity index (χ1v) is 21.2. The molecule has 0 bridgehead atoms. The van der Waals surface area contributed by atoms with Crippen LogP contribution in [0.4, 0.5) is 0 Å². The van der Waals surface area contributed by atoms with Crippen LogP contribution < -0.4 is 4.57 Å². The molecular formula is C55H50N6Pt-2. The Bertz CT molecular complexity index is 3280. The maximum Gasteiger partial charge on any atom is 0.231 e. The van der Waals surface area contributed by atoms with Gasteiger partial charge in [-0.15, -0.1) is 22.9 Å². The van der Waals surface area contributed by atoms with Gasteiger partial charge in [-0.3, -0.25) is 0 Å². The van der Waals surface area contributed by atoms with E-state index < -0.39 is 0 Å². The fourth-order valence-electron chi connectivity index (χ4n) is 8.49. The molecule has 6 aromatic carbocycles.